The SMILES string of the molecule is Fc1ccc(CN2C[C@@H]3C[C@@H]3c3nc(Br)c(F)cc32)cc1. The maximum Gasteiger partial charge on any atom is 0.158 e. The first-order chi connectivity index (χ1) is 10.1. The summed E-state index contributed by atoms with van der Waals surface area (Å²) in [5.41, 5.74) is 2.88. The van der Waals surface area contributed by atoms with Crippen LogP contribution in [0.3, 0.4) is 0 Å². The number of rotatable bonds is 2. The maximum absolute atomic E-state index is 13.8. The molecule has 0 amide bonds. The topological polar surface area (TPSA) is 16.1 Å². The van der Waals surface area contributed by atoms with Gasteiger partial charge in [-0.25, -0.2) is 13.8 Å². The van der Waals surface area contributed by atoms with Crippen molar-refractivity contribution in [1.82, 2.24) is 4.98 Å². The molecule has 2 aromatic rings. The van der Waals surface area contributed by atoms with Gasteiger partial charge in [0.25, 0.3) is 0 Å². The molecule has 0 unspecified atom stereocenters. The molecule has 0 saturated heterocycles. The predicted octanol–water partition coefficient (Wildman–Crippen LogP) is 4.25. The number of pyridine rings is 1. The van der Waals surface area contributed by atoms with Gasteiger partial charge in [0.2, 0.25) is 0 Å². The first-order valence-corrected chi connectivity index (χ1v) is 7.76. The molecule has 2 nitrogen and oxygen atoms in total. The molecule has 2 aliphatic rings. The lowest BCUT2D eigenvalue weighted by Crippen LogP contribution is -2.30. The second-order valence-corrected chi connectivity index (χ2v) is 6.53. The lowest BCUT2D eigenvalue weighted by atomic mass is 10.1. The Morgan fingerprint density at radius 2 is 2.00 bits per heavy atom. The molecular weight excluding hydrogens is 338 g/mol. The lowest BCUT2D eigenvalue weighted by Gasteiger charge is -2.30. The van der Waals surface area contributed by atoms with Crippen molar-refractivity contribution in [3.05, 3.63) is 57.8 Å². The minimum atomic E-state index is -0.336. The maximum atomic E-state index is 13.8. The molecule has 21 heavy (non-hydrogen) atoms. The van der Waals surface area contributed by atoms with E-state index in [4.69, 9.17) is 0 Å². The quantitative estimate of drug-likeness (QED) is 0.753. The number of hydrogen-bond acceptors (Lipinski definition) is 2. The molecule has 1 fully saturated rings. The zero-order valence-corrected chi connectivity index (χ0v) is 12.8. The molecular formula is C16H13BrF2N2. The smallest absolute Gasteiger partial charge is 0.158 e. The van der Waals surface area contributed by atoms with Crippen molar-refractivity contribution >= 4 is 21.6 Å². The third kappa shape index (κ3) is 2.33. The van der Waals surface area contributed by atoms with Crippen molar-refractivity contribution in [2.75, 3.05) is 11.4 Å². The van der Waals surface area contributed by atoms with E-state index < -0.39 is 0 Å². The summed E-state index contributed by atoms with van der Waals surface area (Å²) in [4.78, 5) is 6.53. The Hall–Kier alpha value is -1.49. The molecule has 1 aliphatic heterocycles. The van der Waals surface area contributed by atoms with Gasteiger partial charge in [-0.2, -0.15) is 0 Å². The first kappa shape index (κ1) is 13.2. The lowest BCUT2D eigenvalue weighted by molar-refractivity contribution is 0.597. The van der Waals surface area contributed by atoms with Crippen LogP contribution in [-0.4, -0.2) is 11.5 Å². The van der Waals surface area contributed by atoms with E-state index >= 15 is 0 Å². The Morgan fingerprint density at radius 3 is 2.76 bits per heavy atom. The monoisotopic (exact) mass is 350 g/mol. The average molecular weight is 351 g/mol. The largest absolute Gasteiger partial charge is 0.365 e. The molecule has 2 atom stereocenters. The number of hydrogen-bond donors (Lipinski definition) is 0. The third-order valence-electron chi connectivity index (χ3n) is 4.30. The highest BCUT2D eigenvalue weighted by Gasteiger charge is 2.46. The van der Waals surface area contributed by atoms with Crippen LogP contribution in [0.25, 0.3) is 0 Å². The third-order valence-corrected chi connectivity index (χ3v) is 4.85. The van der Waals surface area contributed by atoms with Crippen molar-refractivity contribution in [1.29, 1.82) is 0 Å². The Morgan fingerprint density at radius 1 is 1.24 bits per heavy atom. The number of benzene rings is 1. The predicted molar refractivity (Wildman–Crippen MR) is 80.2 cm³/mol. The van der Waals surface area contributed by atoms with Crippen LogP contribution < -0.4 is 4.90 Å². The molecule has 1 aromatic carbocycles. The van der Waals surface area contributed by atoms with Gasteiger partial charge in [-0.3, -0.25) is 0 Å². The van der Waals surface area contributed by atoms with Crippen LogP contribution in [0.2, 0.25) is 0 Å². The van der Waals surface area contributed by atoms with Crippen molar-refractivity contribution < 1.29 is 8.78 Å². The molecule has 5 heteroatoms. The summed E-state index contributed by atoms with van der Waals surface area (Å²) in [7, 11) is 0. The Bertz CT molecular complexity index is 702. The fourth-order valence-corrected chi connectivity index (χ4v) is 3.43. The number of halogens is 3. The molecule has 108 valence electrons. The van der Waals surface area contributed by atoms with E-state index in [1.54, 1.807) is 18.2 Å². The average Bonchev–Trinajstić information content (AvgIpc) is 3.23. The van der Waals surface area contributed by atoms with E-state index in [2.05, 4.69) is 25.8 Å². The molecule has 4 rings (SSSR count). The Balaban J connectivity index is 1.69. The van der Waals surface area contributed by atoms with Gasteiger partial charge in [0.15, 0.2) is 5.82 Å². The van der Waals surface area contributed by atoms with Gasteiger partial charge in [-0.1, -0.05) is 12.1 Å². The molecule has 2 heterocycles. The molecule has 0 N–H and O–H groups in total. The summed E-state index contributed by atoms with van der Waals surface area (Å²) in [6.45, 7) is 1.57. The summed E-state index contributed by atoms with van der Waals surface area (Å²) in [5, 5.41) is 0. The van der Waals surface area contributed by atoms with Crippen molar-refractivity contribution in [2.24, 2.45) is 5.92 Å². The second kappa shape index (κ2) is 4.77. The van der Waals surface area contributed by atoms with E-state index in [9.17, 15) is 8.78 Å². The minimum Gasteiger partial charge on any atom is -0.365 e. The van der Waals surface area contributed by atoms with Gasteiger partial charge in [-0.15, -0.1) is 0 Å². The highest BCUT2D eigenvalue weighted by molar-refractivity contribution is 9.10. The van der Waals surface area contributed by atoms with Gasteiger partial charge in [0.05, 0.1) is 11.4 Å². The van der Waals surface area contributed by atoms with E-state index in [1.807, 2.05) is 0 Å². The van der Waals surface area contributed by atoms with Gasteiger partial charge in [0, 0.05) is 25.1 Å². The minimum absolute atomic E-state index is 0.239. The van der Waals surface area contributed by atoms with Crippen molar-refractivity contribution in [3.63, 3.8) is 0 Å². The standard InChI is InChI=1S/C16H13BrF2N2/c17-16-13(19)6-14-15(20-16)12-5-10(12)8-21(14)7-9-1-3-11(18)4-2-9/h1-4,6,10,12H,5,7-8H2/t10-,12-/m0/s1. The van der Waals surface area contributed by atoms with Crippen molar-refractivity contribution in [3.8, 4) is 0 Å². The van der Waals surface area contributed by atoms with Gasteiger partial charge < -0.3 is 4.90 Å². The van der Waals surface area contributed by atoms with E-state index in [-0.39, 0.29) is 16.2 Å². The van der Waals surface area contributed by atoms with E-state index in [0.717, 1.165) is 29.9 Å². The molecule has 0 spiro atoms. The fourth-order valence-electron chi connectivity index (χ4n) is 3.12. The first-order valence-electron chi connectivity index (χ1n) is 6.97. The normalized spacial score (nSPS) is 22.7. The van der Waals surface area contributed by atoms with Crippen molar-refractivity contribution in [2.45, 2.75) is 18.9 Å². The van der Waals surface area contributed by atoms with Crippen LogP contribution >= 0.6 is 15.9 Å². The van der Waals surface area contributed by atoms with E-state index in [0.29, 0.717) is 18.4 Å². The highest BCUT2D eigenvalue weighted by Crippen LogP contribution is 2.54. The Kier molecular flexibility index (Phi) is 2.99. The Labute approximate surface area is 129 Å². The zero-order valence-electron chi connectivity index (χ0n) is 11.2. The number of anilines is 1. The summed E-state index contributed by atoms with van der Waals surface area (Å²) < 4.78 is 27.1. The molecule has 1 saturated carbocycles. The molecule has 0 bridgehead atoms. The number of nitrogens with zero attached hydrogens (tertiary/aromatic N) is 2. The number of fused-ring (bicyclic) bond motifs is 3. The van der Waals surface area contributed by atoms with Crippen LogP contribution in [-0.2, 0) is 6.54 Å². The fraction of sp³-hybridized carbons (Fsp3) is 0.312. The zero-order chi connectivity index (χ0) is 14.6. The van der Waals surface area contributed by atoms with Gasteiger partial charge in [0.1, 0.15) is 10.4 Å². The van der Waals surface area contributed by atoms with Crippen LogP contribution in [0.15, 0.2) is 34.9 Å². The summed E-state index contributed by atoms with van der Waals surface area (Å²) in [6, 6.07) is 8.03. The van der Waals surface area contributed by atoms with Crippen LogP contribution in [0, 0.1) is 17.6 Å². The molecule has 1 aliphatic carbocycles. The summed E-state index contributed by atoms with van der Waals surface area (Å²) >= 11 is 3.17. The summed E-state index contributed by atoms with van der Waals surface area (Å²) in [5.74, 6) is 0.512. The van der Waals surface area contributed by atoms with E-state index in [1.165, 1.54) is 12.1 Å². The van der Waals surface area contributed by atoms with Crippen LogP contribution in [0.1, 0.15) is 23.6 Å². The van der Waals surface area contributed by atoms with Crippen LogP contribution in [0.5, 0.6) is 0 Å². The summed E-state index contributed by atoms with van der Waals surface area (Å²) in [6.07, 6.45) is 1.12. The number of aromatic nitrogens is 1. The second-order valence-electron chi connectivity index (χ2n) is 5.77. The van der Waals surface area contributed by atoms with Crippen LogP contribution in [0.4, 0.5) is 14.5 Å². The van der Waals surface area contributed by atoms with Gasteiger partial charge >= 0.3 is 0 Å². The van der Waals surface area contributed by atoms with Gasteiger partial charge in [-0.05, 0) is 46.0 Å². The highest BCUT2D eigenvalue weighted by atomic mass is 79.9. The molecule has 1 aromatic heterocycles. The molecule has 0 radical (unpaired) electrons.